The lowest BCUT2D eigenvalue weighted by Crippen LogP contribution is -2.53. The lowest BCUT2D eigenvalue weighted by atomic mass is 9.97. The zero-order valence-electron chi connectivity index (χ0n) is 17.1. The molecule has 1 N–H and O–H groups in total. The molecular weight excluding hydrogens is 475 g/mol. The first-order chi connectivity index (χ1) is 13.8. The number of aromatic nitrogens is 2. The van der Waals surface area contributed by atoms with Gasteiger partial charge in [0.2, 0.25) is 5.95 Å². The highest BCUT2D eigenvalue weighted by molar-refractivity contribution is 14.0. The van der Waals surface area contributed by atoms with E-state index < -0.39 is 0 Å². The van der Waals surface area contributed by atoms with E-state index in [9.17, 15) is 0 Å². The van der Waals surface area contributed by atoms with Crippen molar-refractivity contribution in [2.45, 2.75) is 26.2 Å². The molecule has 1 aliphatic carbocycles. The summed E-state index contributed by atoms with van der Waals surface area (Å²) in [6.07, 6.45) is 7.31. The Morgan fingerprint density at radius 1 is 1.03 bits per heavy atom. The van der Waals surface area contributed by atoms with Crippen molar-refractivity contribution < 1.29 is 0 Å². The highest BCUT2D eigenvalue weighted by atomic mass is 127. The lowest BCUT2D eigenvalue weighted by Gasteiger charge is -2.36. The van der Waals surface area contributed by atoms with E-state index in [1.807, 2.05) is 18.5 Å². The van der Waals surface area contributed by atoms with Gasteiger partial charge in [0.1, 0.15) is 0 Å². The van der Waals surface area contributed by atoms with Gasteiger partial charge >= 0.3 is 0 Å². The normalized spacial score (nSPS) is 18.2. The summed E-state index contributed by atoms with van der Waals surface area (Å²) in [4.78, 5) is 18.4. The molecule has 1 saturated heterocycles. The van der Waals surface area contributed by atoms with Gasteiger partial charge in [0.15, 0.2) is 5.96 Å². The summed E-state index contributed by atoms with van der Waals surface area (Å²) in [6.45, 7) is 7.66. The highest BCUT2D eigenvalue weighted by Gasteiger charge is 2.42. The van der Waals surface area contributed by atoms with Crippen molar-refractivity contribution in [3.63, 3.8) is 0 Å². The van der Waals surface area contributed by atoms with Crippen LogP contribution in [0.2, 0.25) is 0 Å². The van der Waals surface area contributed by atoms with Gasteiger partial charge in [0.05, 0.1) is 0 Å². The summed E-state index contributed by atoms with van der Waals surface area (Å²) in [5.74, 6) is 1.87. The van der Waals surface area contributed by atoms with Gasteiger partial charge in [-0.2, -0.15) is 0 Å². The van der Waals surface area contributed by atoms with Gasteiger partial charge in [-0.25, -0.2) is 9.97 Å². The molecule has 1 aromatic heterocycles. The lowest BCUT2D eigenvalue weighted by molar-refractivity contribution is 0.368. The van der Waals surface area contributed by atoms with Crippen molar-refractivity contribution in [1.82, 2.24) is 20.2 Å². The Hall–Kier alpha value is -1.90. The van der Waals surface area contributed by atoms with Crippen LogP contribution >= 0.6 is 24.0 Å². The quantitative estimate of drug-likeness (QED) is 0.371. The maximum atomic E-state index is 5.05. The topological polar surface area (TPSA) is 56.7 Å². The Labute approximate surface area is 190 Å². The number of rotatable bonds is 6. The first kappa shape index (κ1) is 21.8. The third-order valence-electron chi connectivity index (χ3n) is 5.69. The molecule has 0 unspecified atom stereocenters. The van der Waals surface area contributed by atoms with Gasteiger partial charge in [0, 0.05) is 51.7 Å². The molecule has 0 bridgehead atoms. The molecule has 2 aliphatic rings. The second-order valence-electron chi connectivity index (χ2n) is 7.86. The van der Waals surface area contributed by atoms with Crippen LogP contribution in [0.1, 0.15) is 25.3 Å². The SMILES string of the molecule is CCNC(=NCC1(Cc2ccccc2)CC1)N1CCN(c2ncccn2)CC1.I. The minimum Gasteiger partial charge on any atom is -0.357 e. The number of piperazine rings is 1. The van der Waals surface area contributed by atoms with E-state index in [0.717, 1.165) is 57.6 Å². The molecule has 1 aromatic carbocycles. The number of guanidine groups is 1. The standard InChI is InChI=1S/C22H30N6.HI/c1-2-23-20(26-18-22(9-10-22)17-19-7-4-3-5-8-19)27-13-15-28(16-14-27)21-24-11-6-12-25-21;/h3-8,11-12H,2,9-10,13-18H2,1H3,(H,23,26);1H. The van der Waals surface area contributed by atoms with Crippen molar-refractivity contribution in [3.05, 3.63) is 54.4 Å². The summed E-state index contributed by atoms with van der Waals surface area (Å²) in [5, 5.41) is 3.50. The summed E-state index contributed by atoms with van der Waals surface area (Å²) >= 11 is 0. The molecule has 0 spiro atoms. The Balaban J connectivity index is 0.00000240. The average Bonchev–Trinajstić information content (AvgIpc) is 3.52. The van der Waals surface area contributed by atoms with Gasteiger partial charge < -0.3 is 15.1 Å². The van der Waals surface area contributed by atoms with Crippen LogP contribution in [0, 0.1) is 5.41 Å². The van der Waals surface area contributed by atoms with Crippen LogP contribution in [-0.4, -0.2) is 60.1 Å². The van der Waals surface area contributed by atoms with Crippen LogP contribution < -0.4 is 10.2 Å². The molecule has 2 heterocycles. The van der Waals surface area contributed by atoms with Crippen LogP contribution in [0.3, 0.4) is 0 Å². The molecule has 29 heavy (non-hydrogen) atoms. The van der Waals surface area contributed by atoms with Crippen molar-refractivity contribution in [2.24, 2.45) is 10.4 Å². The molecule has 2 aromatic rings. The predicted molar refractivity (Wildman–Crippen MR) is 129 cm³/mol. The Morgan fingerprint density at radius 2 is 1.72 bits per heavy atom. The van der Waals surface area contributed by atoms with Gasteiger partial charge in [-0.05, 0) is 43.2 Å². The smallest absolute Gasteiger partial charge is 0.225 e. The fourth-order valence-corrected chi connectivity index (χ4v) is 3.84. The molecule has 7 heteroatoms. The van der Waals surface area contributed by atoms with Gasteiger partial charge in [-0.1, -0.05) is 30.3 Å². The monoisotopic (exact) mass is 506 g/mol. The highest BCUT2D eigenvalue weighted by Crippen LogP contribution is 2.48. The first-order valence-electron chi connectivity index (χ1n) is 10.4. The van der Waals surface area contributed by atoms with Crippen LogP contribution in [0.5, 0.6) is 0 Å². The van der Waals surface area contributed by atoms with Crippen molar-refractivity contribution in [3.8, 4) is 0 Å². The third-order valence-corrected chi connectivity index (χ3v) is 5.69. The minimum atomic E-state index is 0. The predicted octanol–water partition coefficient (Wildman–Crippen LogP) is 3.21. The molecule has 0 radical (unpaired) electrons. The average molecular weight is 506 g/mol. The number of aliphatic imine (C=N–C) groups is 1. The number of hydrogen-bond donors (Lipinski definition) is 1. The van der Waals surface area contributed by atoms with E-state index in [1.165, 1.54) is 18.4 Å². The van der Waals surface area contributed by atoms with E-state index in [4.69, 9.17) is 4.99 Å². The Kier molecular flexibility index (Phi) is 7.69. The van der Waals surface area contributed by atoms with Gasteiger partial charge in [-0.3, -0.25) is 4.99 Å². The molecule has 2 fully saturated rings. The van der Waals surface area contributed by atoms with Crippen LogP contribution in [0.4, 0.5) is 5.95 Å². The maximum Gasteiger partial charge on any atom is 0.225 e. The Bertz CT molecular complexity index is 770. The number of anilines is 1. The molecule has 0 atom stereocenters. The zero-order chi connectivity index (χ0) is 19.2. The maximum absolute atomic E-state index is 5.05. The molecular formula is C22H31IN6. The van der Waals surface area contributed by atoms with Gasteiger partial charge in [-0.15, -0.1) is 24.0 Å². The van der Waals surface area contributed by atoms with Crippen LogP contribution in [-0.2, 0) is 6.42 Å². The van der Waals surface area contributed by atoms with Crippen molar-refractivity contribution in [2.75, 3.05) is 44.2 Å². The molecule has 0 amide bonds. The molecule has 4 rings (SSSR count). The largest absolute Gasteiger partial charge is 0.357 e. The second kappa shape index (κ2) is 10.2. The number of benzene rings is 1. The Morgan fingerprint density at radius 3 is 2.34 bits per heavy atom. The number of nitrogens with zero attached hydrogens (tertiary/aromatic N) is 5. The fourth-order valence-electron chi connectivity index (χ4n) is 3.84. The van der Waals surface area contributed by atoms with E-state index in [2.05, 4.69) is 62.3 Å². The fraction of sp³-hybridized carbons (Fsp3) is 0.500. The minimum absolute atomic E-state index is 0. The molecule has 1 saturated carbocycles. The zero-order valence-corrected chi connectivity index (χ0v) is 19.5. The van der Waals surface area contributed by atoms with E-state index in [0.29, 0.717) is 5.41 Å². The van der Waals surface area contributed by atoms with E-state index in [-0.39, 0.29) is 24.0 Å². The number of hydrogen-bond acceptors (Lipinski definition) is 4. The van der Waals surface area contributed by atoms with E-state index >= 15 is 0 Å². The summed E-state index contributed by atoms with van der Waals surface area (Å²) in [6, 6.07) is 12.7. The van der Waals surface area contributed by atoms with Crippen LogP contribution in [0.25, 0.3) is 0 Å². The molecule has 1 aliphatic heterocycles. The van der Waals surface area contributed by atoms with Crippen LogP contribution in [0.15, 0.2) is 53.8 Å². The molecule has 156 valence electrons. The van der Waals surface area contributed by atoms with Gasteiger partial charge in [0.25, 0.3) is 0 Å². The first-order valence-corrected chi connectivity index (χ1v) is 10.4. The third kappa shape index (κ3) is 5.81. The summed E-state index contributed by atoms with van der Waals surface area (Å²) in [5.41, 5.74) is 1.79. The van der Waals surface area contributed by atoms with Crippen molar-refractivity contribution in [1.29, 1.82) is 0 Å². The molecule has 6 nitrogen and oxygen atoms in total. The second-order valence-corrected chi connectivity index (χ2v) is 7.86. The summed E-state index contributed by atoms with van der Waals surface area (Å²) < 4.78 is 0. The number of halogens is 1. The van der Waals surface area contributed by atoms with Crippen molar-refractivity contribution >= 4 is 35.9 Å². The van der Waals surface area contributed by atoms with E-state index in [1.54, 1.807) is 0 Å². The number of nitrogens with one attached hydrogen (secondary N) is 1. The summed E-state index contributed by atoms with van der Waals surface area (Å²) in [7, 11) is 0.